The van der Waals surface area contributed by atoms with E-state index in [1.54, 1.807) is 29.2 Å². The summed E-state index contributed by atoms with van der Waals surface area (Å²) in [6, 6.07) is 16.2. The molecule has 35 heavy (non-hydrogen) atoms. The van der Waals surface area contributed by atoms with Gasteiger partial charge in [-0.05, 0) is 43.4 Å². The van der Waals surface area contributed by atoms with Crippen LogP contribution in [0.15, 0.2) is 54.6 Å². The molecule has 7 nitrogen and oxygen atoms in total. The lowest BCUT2D eigenvalue weighted by Crippen LogP contribution is -2.49. The monoisotopic (exact) mass is 501 g/mol. The lowest BCUT2D eigenvalue weighted by molar-refractivity contribution is -0.141. The van der Waals surface area contributed by atoms with Crippen molar-refractivity contribution in [1.82, 2.24) is 10.2 Å². The highest BCUT2D eigenvalue weighted by atomic mass is 32.2. The van der Waals surface area contributed by atoms with Crippen molar-refractivity contribution in [2.24, 2.45) is 5.92 Å². The van der Waals surface area contributed by atoms with Crippen LogP contribution in [-0.2, 0) is 26.2 Å². The molecule has 2 aromatic carbocycles. The van der Waals surface area contributed by atoms with Gasteiger partial charge in [-0.1, -0.05) is 68.8 Å². The number of rotatable bonds is 13. The quantitative estimate of drug-likeness (QED) is 0.447. The molecule has 0 saturated heterocycles. The maximum Gasteiger partial charge on any atom is 0.242 e. The van der Waals surface area contributed by atoms with Gasteiger partial charge in [-0.2, -0.15) is 0 Å². The number of aryl methyl sites for hydroxylation is 1. The number of anilines is 1. The first-order chi connectivity index (χ1) is 16.5. The number of para-hydroxylation sites is 1. The Balaban J connectivity index is 2.19. The molecule has 0 aliphatic heterocycles. The first kappa shape index (κ1) is 28.4. The Labute approximate surface area is 210 Å². The summed E-state index contributed by atoms with van der Waals surface area (Å²) in [6.07, 6.45) is 2.13. The lowest BCUT2D eigenvalue weighted by Gasteiger charge is -2.31. The number of hydrogen-bond donors (Lipinski definition) is 1. The van der Waals surface area contributed by atoms with Crippen LogP contribution in [0, 0.1) is 12.8 Å². The minimum Gasteiger partial charge on any atom is -0.354 e. The van der Waals surface area contributed by atoms with Gasteiger partial charge in [-0.15, -0.1) is 0 Å². The second-order valence-electron chi connectivity index (χ2n) is 9.35. The highest BCUT2D eigenvalue weighted by molar-refractivity contribution is 7.92. The Morgan fingerprint density at radius 1 is 1.03 bits per heavy atom. The van der Waals surface area contributed by atoms with Crippen LogP contribution in [-0.4, -0.2) is 50.5 Å². The number of benzene rings is 2. The SMILES string of the molecule is CC[C@H](C(=O)NCC(C)C)N(Cc1cccc(C)c1)C(=O)CCCN(c1ccccc1)S(C)(=O)=O. The van der Waals surface area contributed by atoms with Gasteiger partial charge in [0.25, 0.3) is 0 Å². The molecule has 0 aliphatic rings. The van der Waals surface area contributed by atoms with Crippen LogP contribution in [0.5, 0.6) is 0 Å². The number of nitrogens with zero attached hydrogens (tertiary/aromatic N) is 2. The third-order valence-corrected chi connectivity index (χ3v) is 6.90. The van der Waals surface area contributed by atoms with Crippen LogP contribution in [0.3, 0.4) is 0 Å². The molecule has 0 unspecified atom stereocenters. The van der Waals surface area contributed by atoms with Gasteiger partial charge in [0.05, 0.1) is 11.9 Å². The first-order valence-electron chi connectivity index (χ1n) is 12.2. The molecule has 2 aromatic rings. The second-order valence-corrected chi connectivity index (χ2v) is 11.3. The fraction of sp³-hybridized carbons (Fsp3) is 0.481. The Kier molecular flexibility index (Phi) is 10.8. The van der Waals surface area contributed by atoms with Crippen molar-refractivity contribution in [3.05, 3.63) is 65.7 Å². The van der Waals surface area contributed by atoms with Crippen molar-refractivity contribution in [3.8, 4) is 0 Å². The molecule has 0 aromatic heterocycles. The highest BCUT2D eigenvalue weighted by Crippen LogP contribution is 2.19. The number of sulfonamides is 1. The summed E-state index contributed by atoms with van der Waals surface area (Å²) in [6.45, 7) is 8.99. The number of hydrogen-bond acceptors (Lipinski definition) is 4. The van der Waals surface area contributed by atoms with E-state index in [0.717, 1.165) is 17.4 Å². The standard InChI is InChI=1S/C27H39N3O4S/c1-6-25(27(32)28-19-21(2)3)29(20-23-13-10-12-22(4)18-23)26(31)16-11-17-30(35(5,33)34)24-14-8-7-9-15-24/h7-10,12-15,18,21,25H,6,11,16-17,19-20H2,1-5H3,(H,28,32)/t25-/m1/s1. The molecule has 0 bridgehead atoms. The topological polar surface area (TPSA) is 86.8 Å². The molecule has 0 spiro atoms. The third kappa shape index (κ3) is 9.02. The van der Waals surface area contributed by atoms with Crippen molar-refractivity contribution in [3.63, 3.8) is 0 Å². The van der Waals surface area contributed by atoms with Crippen LogP contribution in [0.1, 0.15) is 51.2 Å². The normalized spacial score (nSPS) is 12.3. The van der Waals surface area contributed by atoms with Gasteiger partial charge in [0.1, 0.15) is 6.04 Å². The zero-order valence-corrected chi connectivity index (χ0v) is 22.3. The van der Waals surface area contributed by atoms with Crippen molar-refractivity contribution < 1.29 is 18.0 Å². The van der Waals surface area contributed by atoms with Crippen LogP contribution in [0.2, 0.25) is 0 Å². The van der Waals surface area contributed by atoms with Crippen molar-refractivity contribution in [2.45, 2.75) is 59.5 Å². The third-order valence-electron chi connectivity index (χ3n) is 5.70. The molecule has 8 heteroatoms. The number of carbonyl (C=O) groups excluding carboxylic acids is 2. The fourth-order valence-electron chi connectivity index (χ4n) is 3.95. The van der Waals surface area contributed by atoms with Gasteiger partial charge < -0.3 is 10.2 Å². The Bertz CT molecular complexity index is 1070. The zero-order valence-electron chi connectivity index (χ0n) is 21.5. The summed E-state index contributed by atoms with van der Waals surface area (Å²) in [5, 5.41) is 2.96. The van der Waals surface area contributed by atoms with Crippen molar-refractivity contribution >= 4 is 27.5 Å². The molecular formula is C27H39N3O4S. The van der Waals surface area contributed by atoms with Crippen LogP contribution < -0.4 is 9.62 Å². The minimum absolute atomic E-state index is 0.138. The van der Waals surface area contributed by atoms with E-state index in [1.807, 2.05) is 58.0 Å². The molecular weight excluding hydrogens is 462 g/mol. The maximum atomic E-state index is 13.4. The van der Waals surface area contributed by atoms with E-state index >= 15 is 0 Å². The molecule has 2 amide bonds. The number of carbonyl (C=O) groups is 2. The smallest absolute Gasteiger partial charge is 0.242 e. The van der Waals surface area contributed by atoms with Crippen LogP contribution in [0.25, 0.3) is 0 Å². The number of amides is 2. The van der Waals surface area contributed by atoms with Crippen LogP contribution in [0.4, 0.5) is 5.69 Å². The lowest BCUT2D eigenvalue weighted by atomic mass is 10.1. The van der Waals surface area contributed by atoms with E-state index in [9.17, 15) is 18.0 Å². The molecule has 0 fully saturated rings. The van der Waals surface area contributed by atoms with E-state index in [0.29, 0.717) is 37.5 Å². The van der Waals surface area contributed by atoms with Gasteiger partial charge in [0, 0.05) is 26.1 Å². The molecule has 1 atom stereocenters. The van der Waals surface area contributed by atoms with E-state index in [2.05, 4.69) is 5.32 Å². The highest BCUT2D eigenvalue weighted by Gasteiger charge is 2.29. The Hall–Kier alpha value is -2.87. The average molecular weight is 502 g/mol. The zero-order chi connectivity index (χ0) is 26.0. The maximum absolute atomic E-state index is 13.4. The summed E-state index contributed by atoms with van der Waals surface area (Å²) < 4.78 is 26.0. The molecule has 0 radical (unpaired) electrons. The predicted molar refractivity (Wildman–Crippen MR) is 142 cm³/mol. The fourth-order valence-corrected chi connectivity index (χ4v) is 4.91. The first-order valence-corrected chi connectivity index (χ1v) is 14.0. The number of nitrogens with one attached hydrogen (secondary N) is 1. The Morgan fingerprint density at radius 2 is 1.71 bits per heavy atom. The van der Waals surface area contributed by atoms with Crippen LogP contribution >= 0.6 is 0 Å². The van der Waals surface area contributed by atoms with Crippen molar-refractivity contribution in [2.75, 3.05) is 23.7 Å². The Morgan fingerprint density at radius 3 is 2.29 bits per heavy atom. The van der Waals surface area contributed by atoms with E-state index in [1.165, 1.54) is 4.31 Å². The molecule has 0 aliphatic carbocycles. The van der Waals surface area contributed by atoms with Crippen molar-refractivity contribution in [1.29, 1.82) is 0 Å². The van der Waals surface area contributed by atoms with E-state index in [-0.39, 0.29) is 24.8 Å². The molecule has 192 valence electrons. The average Bonchev–Trinajstić information content (AvgIpc) is 2.80. The van der Waals surface area contributed by atoms with E-state index < -0.39 is 16.1 Å². The minimum atomic E-state index is -3.50. The molecule has 0 heterocycles. The molecule has 2 rings (SSSR count). The predicted octanol–water partition coefficient (Wildman–Crippen LogP) is 4.12. The second kappa shape index (κ2) is 13.3. The van der Waals surface area contributed by atoms with Gasteiger partial charge in [0.2, 0.25) is 21.8 Å². The summed E-state index contributed by atoms with van der Waals surface area (Å²) in [7, 11) is -3.50. The summed E-state index contributed by atoms with van der Waals surface area (Å²) in [4.78, 5) is 28.0. The summed E-state index contributed by atoms with van der Waals surface area (Å²) >= 11 is 0. The molecule has 1 N–H and O–H groups in total. The van der Waals surface area contributed by atoms with Gasteiger partial charge >= 0.3 is 0 Å². The van der Waals surface area contributed by atoms with Gasteiger partial charge in [-0.25, -0.2) is 8.42 Å². The summed E-state index contributed by atoms with van der Waals surface area (Å²) in [5.41, 5.74) is 2.60. The largest absolute Gasteiger partial charge is 0.354 e. The molecule has 0 saturated carbocycles. The van der Waals surface area contributed by atoms with Gasteiger partial charge in [0.15, 0.2) is 0 Å². The van der Waals surface area contributed by atoms with Gasteiger partial charge in [-0.3, -0.25) is 13.9 Å². The van der Waals surface area contributed by atoms with E-state index in [4.69, 9.17) is 0 Å². The summed E-state index contributed by atoms with van der Waals surface area (Å²) in [5.74, 6) is -0.0267.